The van der Waals surface area contributed by atoms with E-state index in [0.29, 0.717) is 39.0 Å². The molecule has 0 bridgehead atoms. The van der Waals surface area contributed by atoms with Crippen molar-refractivity contribution in [3.63, 3.8) is 0 Å². The molecule has 0 aliphatic carbocycles. The van der Waals surface area contributed by atoms with Gasteiger partial charge in [-0.05, 0) is 54.8 Å². The third kappa shape index (κ3) is 8.76. The Kier molecular flexibility index (Phi) is 12.1. The first kappa shape index (κ1) is 27.9. The number of halogens is 1. The van der Waals surface area contributed by atoms with Crippen LogP contribution in [0.25, 0.3) is 0 Å². The Bertz CT molecular complexity index is 932. The number of carbonyl (C=O) groups is 2. The first-order valence-electron chi connectivity index (χ1n) is 11.1. The lowest BCUT2D eigenvalue weighted by Gasteiger charge is -2.27. The standard InChI is InChI=1S/C25H31N3O3S2.ClH/c1-26-23(13-5-6-14-27(25(30)31)17-20-9-3-2-4-10-20)24(29)28(18-21-11-7-15-32-21)19-22-12-8-16-33-22;/h2-4,7-12,15-16,23,26H,5-6,13-14,17-19H2,1H3,(H,30,31);1H/t23-;/m0./s1. The van der Waals surface area contributed by atoms with Crippen molar-refractivity contribution in [2.75, 3.05) is 13.6 Å². The summed E-state index contributed by atoms with van der Waals surface area (Å²) in [6, 6.07) is 17.4. The van der Waals surface area contributed by atoms with Crippen molar-refractivity contribution in [2.24, 2.45) is 0 Å². The van der Waals surface area contributed by atoms with Gasteiger partial charge in [-0.15, -0.1) is 35.1 Å². The third-order valence-electron chi connectivity index (χ3n) is 5.47. The molecule has 1 aromatic carbocycles. The van der Waals surface area contributed by atoms with Gasteiger partial charge >= 0.3 is 6.09 Å². The van der Waals surface area contributed by atoms with E-state index < -0.39 is 6.09 Å². The maximum atomic E-state index is 13.4. The average Bonchev–Trinajstić information content (AvgIpc) is 3.52. The van der Waals surface area contributed by atoms with Gasteiger partial charge in [-0.2, -0.15) is 0 Å². The Morgan fingerprint density at radius 3 is 2.00 bits per heavy atom. The van der Waals surface area contributed by atoms with Gasteiger partial charge in [-0.3, -0.25) is 4.79 Å². The van der Waals surface area contributed by atoms with E-state index in [4.69, 9.17) is 0 Å². The van der Waals surface area contributed by atoms with Crippen LogP contribution in [0.2, 0.25) is 0 Å². The normalized spacial score (nSPS) is 11.4. The molecular formula is C25H32ClN3O3S2. The second-order valence-corrected chi connectivity index (χ2v) is 9.94. The van der Waals surface area contributed by atoms with Gasteiger partial charge in [0.1, 0.15) is 0 Å². The van der Waals surface area contributed by atoms with Crippen LogP contribution >= 0.6 is 35.1 Å². The Morgan fingerprint density at radius 1 is 0.882 bits per heavy atom. The first-order chi connectivity index (χ1) is 16.1. The minimum Gasteiger partial charge on any atom is -0.465 e. The summed E-state index contributed by atoms with van der Waals surface area (Å²) in [7, 11) is 1.82. The Balaban J connectivity index is 0.00000408. The number of carboxylic acid groups (broad SMARTS) is 1. The Labute approximate surface area is 215 Å². The van der Waals surface area contributed by atoms with E-state index in [1.807, 2.05) is 65.2 Å². The van der Waals surface area contributed by atoms with Crippen molar-refractivity contribution in [3.8, 4) is 0 Å². The lowest BCUT2D eigenvalue weighted by molar-refractivity contribution is -0.134. The molecule has 2 N–H and O–H groups in total. The first-order valence-corrected chi connectivity index (χ1v) is 12.9. The van der Waals surface area contributed by atoms with Crippen LogP contribution in [0.4, 0.5) is 4.79 Å². The summed E-state index contributed by atoms with van der Waals surface area (Å²) >= 11 is 3.31. The van der Waals surface area contributed by atoms with E-state index in [9.17, 15) is 14.7 Å². The fourth-order valence-electron chi connectivity index (χ4n) is 3.70. The van der Waals surface area contributed by atoms with Gasteiger partial charge in [0.25, 0.3) is 0 Å². The number of likely N-dealkylation sites (N-methyl/N-ethyl adjacent to an activating group) is 1. The van der Waals surface area contributed by atoms with Gasteiger partial charge in [0.15, 0.2) is 0 Å². The molecule has 2 heterocycles. The molecule has 0 spiro atoms. The summed E-state index contributed by atoms with van der Waals surface area (Å²) in [5.74, 6) is 0.0821. The van der Waals surface area contributed by atoms with Crippen LogP contribution in [0.1, 0.15) is 34.6 Å². The van der Waals surface area contributed by atoms with Crippen LogP contribution in [-0.4, -0.2) is 46.5 Å². The van der Waals surface area contributed by atoms with E-state index in [1.165, 1.54) is 4.90 Å². The molecule has 2 aromatic heterocycles. The van der Waals surface area contributed by atoms with Gasteiger partial charge in [-0.1, -0.05) is 42.5 Å². The zero-order chi connectivity index (χ0) is 23.5. The zero-order valence-corrected chi connectivity index (χ0v) is 21.7. The summed E-state index contributed by atoms with van der Waals surface area (Å²) < 4.78 is 0. The van der Waals surface area contributed by atoms with Crippen LogP contribution < -0.4 is 5.32 Å². The van der Waals surface area contributed by atoms with Gasteiger partial charge < -0.3 is 20.2 Å². The van der Waals surface area contributed by atoms with Gasteiger partial charge in [0.05, 0.1) is 19.1 Å². The maximum Gasteiger partial charge on any atom is 0.407 e. The molecule has 0 aliphatic heterocycles. The number of thiophene rings is 2. The molecule has 6 nitrogen and oxygen atoms in total. The Hall–Kier alpha value is -2.39. The topological polar surface area (TPSA) is 72.9 Å². The van der Waals surface area contributed by atoms with Crippen molar-refractivity contribution in [1.82, 2.24) is 15.1 Å². The number of nitrogens with zero attached hydrogens (tertiary/aromatic N) is 2. The average molecular weight is 522 g/mol. The molecule has 0 fully saturated rings. The SMILES string of the molecule is CN[C@@H](CCCCN(Cc1ccccc1)C(=O)O)C(=O)N(Cc1cccs1)Cc1cccs1.Cl. The quantitative estimate of drug-likeness (QED) is 0.283. The smallest absolute Gasteiger partial charge is 0.407 e. The van der Waals surface area contributed by atoms with Crippen LogP contribution in [0.15, 0.2) is 65.4 Å². The van der Waals surface area contributed by atoms with Crippen molar-refractivity contribution in [3.05, 3.63) is 80.7 Å². The minimum absolute atomic E-state index is 0. The van der Waals surface area contributed by atoms with E-state index in [2.05, 4.69) is 17.4 Å². The fraction of sp³-hybridized carbons (Fsp3) is 0.360. The summed E-state index contributed by atoms with van der Waals surface area (Å²) in [4.78, 5) is 30.7. The fourth-order valence-corrected chi connectivity index (χ4v) is 5.14. The van der Waals surface area contributed by atoms with Crippen LogP contribution in [-0.2, 0) is 24.4 Å². The van der Waals surface area contributed by atoms with Crippen molar-refractivity contribution < 1.29 is 14.7 Å². The molecule has 3 aromatic rings. The molecule has 184 valence electrons. The lowest BCUT2D eigenvalue weighted by Crippen LogP contribution is -2.44. The largest absolute Gasteiger partial charge is 0.465 e. The molecule has 0 radical (unpaired) electrons. The van der Waals surface area contributed by atoms with Gasteiger partial charge in [-0.25, -0.2) is 4.79 Å². The summed E-state index contributed by atoms with van der Waals surface area (Å²) in [6.07, 6.45) is 1.22. The molecule has 0 unspecified atom stereocenters. The Morgan fingerprint density at radius 2 is 1.50 bits per heavy atom. The molecule has 0 aliphatic rings. The third-order valence-corrected chi connectivity index (χ3v) is 7.19. The van der Waals surface area contributed by atoms with E-state index in [1.54, 1.807) is 22.7 Å². The predicted octanol–water partition coefficient (Wildman–Crippen LogP) is 5.70. The van der Waals surface area contributed by atoms with Crippen molar-refractivity contribution >= 4 is 47.1 Å². The lowest BCUT2D eigenvalue weighted by atomic mass is 10.1. The number of hydrogen-bond donors (Lipinski definition) is 2. The number of hydrogen-bond acceptors (Lipinski definition) is 5. The highest BCUT2D eigenvalue weighted by molar-refractivity contribution is 7.10. The van der Waals surface area contributed by atoms with Crippen molar-refractivity contribution in [1.29, 1.82) is 0 Å². The second kappa shape index (κ2) is 14.8. The maximum absolute atomic E-state index is 13.4. The number of nitrogens with one attached hydrogen (secondary N) is 1. The predicted molar refractivity (Wildman–Crippen MR) is 142 cm³/mol. The number of unbranched alkanes of at least 4 members (excludes halogenated alkanes) is 1. The highest BCUT2D eigenvalue weighted by Crippen LogP contribution is 2.19. The molecule has 0 saturated heterocycles. The highest BCUT2D eigenvalue weighted by atomic mass is 35.5. The number of carbonyl (C=O) groups excluding carboxylic acids is 1. The second-order valence-electron chi connectivity index (χ2n) is 7.88. The monoisotopic (exact) mass is 521 g/mol. The molecular weight excluding hydrogens is 490 g/mol. The van der Waals surface area contributed by atoms with Crippen LogP contribution in [0.3, 0.4) is 0 Å². The molecule has 1 atom stereocenters. The van der Waals surface area contributed by atoms with E-state index in [-0.39, 0.29) is 24.4 Å². The van der Waals surface area contributed by atoms with Crippen molar-refractivity contribution in [2.45, 2.75) is 44.9 Å². The van der Waals surface area contributed by atoms with Gasteiger partial charge in [0, 0.05) is 22.8 Å². The molecule has 3 rings (SSSR count). The van der Waals surface area contributed by atoms with Crippen LogP contribution in [0.5, 0.6) is 0 Å². The molecule has 0 saturated carbocycles. The van der Waals surface area contributed by atoms with E-state index >= 15 is 0 Å². The summed E-state index contributed by atoms with van der Waals surface area (Å²) in [6.45, 7) is 2.01. The summed E-state index contributed by atoms with van der Waals surface area (Å²) in [5, 5.41) is 16.8. The number of amides is 2. The molecule has 2 amide bonds. The number of benzene rings is 1. The molecule has 9 heteroatoms. The summed E-state index contributed by atoms with van der Waals surface area (Å²) in [5.41, 5.74) is 0.973. The minimum atomic E-state index is -0.918. The highest BCUT2D eigenvalue weighted by Gasteiger charge is 2.24. The van der Waals surface area contributed by atoms with Gasteiger partial charge in [0.2, 0.25) is 5.91 Å². The zero-order valence-electron chi connectivity index (χ0n) is 19.3. The van der Waals surface area contributed by atoms with E-state index in [0.717, 1.165) is 21.7 Å². The van der Waals surface area contributed by atoms with Crippen LogP contribution in [0, 0.1) is 0 Å². The number of rotatable bonds is 13. The molecule has 34 heavy (non-hydrogen) atoms.